The third kappa shape index (κ3) is 2.67. The van der Waals surface area contributed by atoms with Crippen molar-refractivity contribution >= 4 is 11.6 Å². The molecule has 106 valence electrons. The van der Waals surface area contributed by atoms with Crippen LogP contribution in [0.1, 0.15) is 57.8 Å². The average molecular weight is 262 g/mol. The molecule has 0 bridgehead atoms. The van der Waals surface area contributed by atoms with E-state index >= 15 is 0 Å². The minimum absolute atomic E-state index is 0.549. The second kappa shape index (κ2) is 5.76. The van der Waals surface area contributed by atoms with Gasteiger partial charge in [-0.1, -0.05) is 13.8 Å². The van der Waals surface area contributed by atoms with E-state index in [1.54, 1.807) is 0 Å². The molecule has 0 aromatic carbocycles. The summed E-state index contributed by atoms with van der Waals surface area (Å²) in [5.41, 5.74) is 7.11. The van der Waals surface area contributed by atoms with Gasteiger partial charge in [-0.15, -0.1) is 0 Å². The number of nitrogens with zero attached hydrogens (tertiary/aromatic N) is 3. The molecule has 1 aliphatic rings. The highest BCUT2D eigenvalue weighted by molar-refractivity contribution is 5.58. The molecule has 4 nitrogen and oxygen atoms in total. The molecule has 2 unspecified atom stereocenters. The molecular formula is C15H26N4. The summed E-state index contributed by atoms with van der Waals surface area (Å²) in [7, 11) is 0. The van der Waals surface area contributed by atoms with Crippen molar-refractivity contribution in [3.63, 3.8) is 0 Å². The highest BCUT2D eigenvalue weighted by Gasteiger charge is 2.32. The van der Waals surface area contributed by atoms with Crippen LogP contribution in [0.2, 0.25) is 0 Å². The van der Waals surface area contributed by atoms with Crippen LogP contribution in [0.25, 0.3) is 0 Å². The molecule has 1 fully saturated rings. The van der Waals surface area contributed by atoms with E-state index in [1.807, 2.05) is 6.92 Å². The fourth-order valence-corrected chi connectivity index (χ4v) is 3.01. The van der Waals surface area contributed by atoms with E-state index in [2.05, 4.69) is 30.7 Å². The predicted molar refractivity (Wildman–Crippen MR) is 80.4 cm³/mol. The highest BCUT2D eigenvalue weighted by atomic mass is 15.3. The SMILES string of the molecule is CCCc1nc(N)c(C)c(N2C(C)CCC2CC)n1. The number of hydrogen-bond acceptors (Lipinski definition) is 4. The number of nitrogen functional groups attached to an aromatic ring is 1. The molecule has 0 amide bonds. The summed E-state index contributed by atoms with van der Waals surface area (Å²) >= 11 is 0. The van der Waals surface area contributed by atoms with Gasteiger partial charge in [0, 0.05) is 24.1 Å². The average Bonchev–Trinajstić information content (AvgIpc) is 2.75. The molecule has 0 aliphatic carbocycles. The summed E-state index contributed by atoms with van der Waals surface area (Å²) in [5, 5.41) is 0. The smallest absolute Gasteiger partial charge is 0.137 e. The van der Waals surface area contributed by atoms with E-state index in [-0.39, 0.29) is 0 Å². The van der Waals surface area contributed by atoms with Crippen molar-refractivity contribution in [2.45, 2.75) is 71.9 Å². The van der Waals surface area contributed by atoms with Gasteiger partial charge in [-0.25, -0.2) is 9.97 Å². The van der Waals surface area contributed by atoms with Crippen LogP contribution < -0.4 is 10.6 Å². The summed E-state index contributed by atoms with van der Waals surface area (Å²) in [5.74, 6) is 2.59. The van der Waals surface area contributed by atoms with Crippen LogP contribution in [0, 0.1) is 6.92 Å². The Labute approximate surface area is 116 Å². The lowest BCUT2D eigenvalue weighted by molar-refractivity contribution is 0.616. The first-order valence-electron chi connectivity index (χ1n) is 7.49. The number of rotatable bonds is 4. The van der Waals surface area contributed by atoms with Gasteiger partial charge >= 0.3 is 0 Å². The zero-order valence-electron chi connectivity index (χ0n) is 12.6. The van der Waals surface area contributed by atoms with Crippen molar-refractivity contribution in [1.29, 1.82) is 0 Å². The largest absolute Gasteiger partial charge is 0.383 e. The number of aryl methyl sites for hydroxylation is 1. The molecular weight excluding hydrogens is 236 g/mol. The Morgan fingerprint density at radius 2 is 2.00 bits per heavy atom. The van der Waals surface area contributed by atoms with E-state index in [9.17, 15) is 0 Å². The fourth-order valence-electron chi connectivity index (χ4n) is 3.01. The van der Waals surface area contributed by atoms with Gasteiger partial charge in [0.2, 0.25) is 0 Å². The Bertz CT molecular complexity index is 444. The van der Waals surface area contributed by atoms with Crippen molar-refractivity contribution < 1.29 is 0 Å². The van der Waals surface area contributed by atoms with Gasteiger partial charge in [0.25, 0.3) is 0 Å². The molecule has 2 atom stereocenters. The van der Waals surface area contributed by atoms with Crippen molar-refractivity contribution in [1.82, 2.24) is 9.97 Å². The summed E-state index contributed by atoms with van der Waals surface area (Å²) in [4.78, 5) is 11.7. The first kappa shape index (κ1) is 14.1. The molecule has 1 aliphatic heterocycles. The molecule has 1 aromatic heterocycles. The van der Waals surface area contributed by atoms with Crippen molar-refractivity contribution in [3.05, 3.63) is 11.4 Å². The van der Waals surface area contributed by atoms with Gasteiger partial charge in [-0.2, -0.15) is 0 Å². The lowest BCUT2D eigenvalue weighted by atomic mass is 10.1. The van der Waals surface area contributed by atoms with E-state index in [4.69, 9.17) is 10.7 Å². The Morgan fingerprint density at radius 1 is 1.26 bits per heavy atom. The minimum atomic E-state index is 0.549. The molecule has 19 heavy (non-hydrogen) atoms. The van der Waals surface area contributed by atoms with Crippen molar-refractivity contribution in [3.8, 4) is 0 Å². The lowest BCUT2D eigenvalue weighted by Gasteiger charge is -2.31. The lowest BCUT2D eigenvalue weighted by Crippen LogP contribution is -2.36. The highest BCUT2D eigenvalue weighted by Crippen LogP contribution is 2.34. The maximum atomic E-state index is 6.07. The Hall–Kier alpha value is -1.32. The van der Waals surface area contributed by atoms with Crippen molar-refractivity contribution in [2.24, 2.45) is 0 Å². The van der Waals surface area contributed by atoms with Crippen LogP contribution in [0.4, 0.5) is 11.6 Å². The van der Waals surface area contributed by atoms with E-state index < -0.39 is 0 Å². The van der Waals surface area contributed by atoms with Crippen LogP contribution in [0.15, 0.2) is 0 Å². The first-order valence-corrected chi connectivity index (χ1v) is 7.49. The van der Waals surface area contributed by atoms with Crippen LogP contribution in [-0.2, 0) is 6.42 Å². The van der Waals surface area contributed by atoms with Gasteiger partial charge in [-0.05, 0) is 39.5 Å². The number of aromatic nitrogens is 2. The maximum Gasteiger partial charge on any atom is 0.137 e. The molecule has 2 rings (SSSR count). The normalized spacial score (nSPS) is 23.1. The molecule has 1 saturated heterocycles. The Morgan fingerprint density at radius 3 is 2.63 bits per heavy atom. The topological polar surface area (TPSA) is 55.0 Å². The standard InChI is InChI=1S/C15H26N4/c1-5-7-13-17-14(16)11(4)15(18-13)19-10(3)8-9-12(19)6-2/h10,12H,5-9H2,1-4H3,(H2,16,17,18). The molecule has 2 heterocycles. The Balaban J connectivity index is 2.42. The second-order valence-corrected chi connectivity index (χ2v) is 5.62. The molecule has 0 radical (unpaired) electrons. The van der Waals surface area contributed by atoms with Gasteiger partial charge in [-0.3, -0.25) is 0 Å². The molecule has 4 heteroatoms. The van der Waals surface area contributed by atoms with Gasteiger partial charge in [0.15, 0.2) is 0 Å². The number of hydrogen-bond donors (Lipinski definition) is 1. The quantitative estimate of drug-likeness (QED) is 0.906. The number of anilines is 2. The second-order valence-electron chi connectivity index (χ2n) is 5.62. The Kier molecular flexibility index (Phi) is 4.27. The van der Waals surface area contributed by atoms with E-state index in [0.29, 0.717) is 17.9 Å². The molecule has 1 aromatic rings. The van der Waals surface area contributed by atoms with Crippen LogP contribution in [0.3, 0.4) is 0 Å². The van der Waals surface area contributed by atoms with Crippen LogP contribution in [0.5, 0.6) is 0 Å². The maximum absolute atomic E-state index is 6.07. The molecule has 0 spiro atoms. The third-order valence-corrected chi connectivity index (χ3v) is 4.18. The van der Waals surface area contributed by atoms with Crippen molar-refractivity contribution in [2.75, 3.05) is 10.6 Å². The first-order chi connectivity index (χ1) is 9.08. The molecule has 2 N–H and O–H groups in total. The van der Waals surface area contributed by atoms with Gasteiger partial charge < -0.3 is 10.6 Å². The minimum Gasteiger partial charge on any atom is -0.383 e. The van der Waals surface area contributed by atoms with Gasteiger partial charge in [0.05, 0.1) is 0 Å². The number of nitrogens with two attached hydrogens (primary N) is 1. The third-order valence-electron chi connectivity index (χ3n) is 4.18. The molecule has 0 saturated carbocycles. The summed E-state index contributed by atoms with van der Waals surface area (Å²) in [6.45, 7) is 8.72. The van der Waals surface area contributed by atoms with Crippen LogP contribution in [-0.4, -0.2) is 22.1 Å². The van der Waals surface area contributed by atoms with E-state index in [1.165, 1.54) is 12.8 Å². The summed E-state index contributed by atoms with van der Waals surface area (Å²) in [6, 6.07) is 1.14. The zero-order valence-corrected chi connectivity index (χ0v) is 12.6. The van der Waals surface area contributed by atoms with Crippen LogP contribution >= 0.6 is 0 Å². The monoisotopic (exact) mass is 262 g/mol. The summed E-state index contributed by atoms with van der Waals surface area (Å²) < 4.78 is 0. The summed E-state index contributed by atoms with van der Waals surface area (Å²) in [6.07, 6.45) is 5.61. The zero-order chi connectivity index (χ0) is 14.0. The fraction of sp³-hybridized carbons (Fsp3) is 0.733. The van der Waals surface area contributed by atoms with E-state index in [0.717, 1.165) is 36.5 Å². The van der Waals surface area contributed by atoms with Gasteiger partial charge in [0.1, 0.15) is 17.5 Å². The predicted octanol–water partition coefficient (Wildman–Crippen LogP) is 3.09.